The standard InChI is InChI=1S/C19H32N2O2/c1-8-17(12-21-18(22)23-19(5,6)7)20-11-16-10-14(3)13(2)9-15(16)4/h9-10,17,20H,8,11-12H2,1-7H3,(H,21,22). The average Bonchev–Trinajstić information content (AvgIpc) is 2.42. The summed E-state index contributed by atoms with van der Waals surface area (Å²) in [5.74, 6) is 0. The molecule has 0 aliphatic heterocycles. The van der Waals surface area contributed by atoms with Crippen LogP contribution in [-0.2, 0) is 11.3 Å². The largest absolute Gasteiger partial charge is 0.444 e. The summed E-state index contributed by atoms with van der Waals surface area (Å²) in [6.45, 7) is 15.5. The predicted molar refractivity (Wildman–Crippen MR) is 95.8 cm³/mol. The zero-order valence-electron chi connectivity index (χ0n) is 15.7. The van der Waals surface area contributed by atoms with Crippen LogP contribution in [0.15, 0.2) is 12.1 Å². The lowest BCUT2D eigenvalue weighted by atomic mass is 10.0. The molecular formula is C19H32N2O2. The fourth-order valence-electron chi connectivity index (χ4n) is 2.35. The van der Waals surface area contributed by atoms with Crippen molar-refractivity contribution in [2.75, 3.05) is 6.54 Å². The first-order chi connectivity index (χ1) is 10.6. The summed E-state index contributed by atoms with van der Waals surface area (Å²) in [5.41, 5.74) is 4.78. The molecule has 0 aromatic heterocycles. The van der Waals surface area contributed by atoms with Crippen molar-refractivity contribution in [3.05, 3.63) is 34.4 Å². The maximum Gasteiger partial charge on any atom is 0.407 e. The molecule has 23 heavy (non-hydrogen) atoms. The normalized spacial score (nSPS) is 12.8. The molecule has 0 radical (unpaired) electrons. The zero-order chi connectivity index (χ0) is 17.6. The first kappa shape index (κ1) is 19.5. The van der Waals surface area contributed by atoms with E-state index < -0.39 is 5.60 Å². The van der Waals surface area contributed by atoms with E-state index in [9.17, 15) is 4.79 Å². The van der Waals surface area contributed by atoms with Gasteiger partial charge in [0.25, 0.3) is 0 Å². The van der Waals surface area contributed by atoms with Crippen LogP contribution in [0.25, 0.3) is 0 Å². The van der Waals surface area contributed by atoms with Gasteiger partial charge in [-0.1, -0.05) is 19.1 Å². The van der Waals surface area contributed by atoms with Crippen molar-refractivity contribution in [2.24, 2.45) is 0 Å². The van der Waals surface area contributed by atoms with Crippen LogP contribution in [0.2, 0.25) is 0 Å². The van der Waals surface area contributed by atoms with E-state index in [0.29, 0.717) is 6.54 Å². The van der Waals surface area contributed by atoms with Gasteiger partial charge < -0.3 is 15.4 Å². The minimum absolute atomic E-state index is 0.225. The number of amides is 1. The first-order valence-corrected chi connectivity index (χ1v) is 8.39. The number of rotatable bonds is 6. The minimum atomic E-state index is -0.463. The van der Waals surface area contributed by atoms with Crippen LogP contribution in [0, 0.1) is 20.8 Å². The summed E-state index contributed by atoms with van der Waals surface area (Å²) < 4.78 is 5.27. The van der Waals surface area contributed by atoms with Crippen molar-refractivity contribution < 1.29 is 9.53 Å². The second-order valence-corrected chi connectivity index (χ2v) is 7.23. The van der Waals surface area contributed by atoms with Crippen LogP contribution in [0.4, 0.5) is 4.79 Å². The number of carbonyl (C=O) groups excluding carboxylic acids is 1. The Morgan fingerprint density at radius 1 is 1.13 bits per heavy atom. The highest BCUT2D eigenvalue weighted by molar-refractivity contribution is 5.67. The molecule has 130 valence electrons. The molecule has 1 aromatic rings. The van der Waals surface area contributed by atoms with Gasteiger partial charge in [0.15, 0.2) is 0 Å². The van der Waals surface area contributed by atoms with Crippen LogP contribution in [0.1, 0.15) is 56.4 Å². The molecule has 1 atom stereocenters. The lowest BCUT2D eigenvalue weighted by molar-refractivity contribution is 0.0522. The molecule has 0 saturated heterocycles. The number of carbonyl (C=O) groups is 1. The number of alkyl carbamates (subject to hydrolysis) is 1. The van der Waals surface area contributed by atoms with Crippen molar-refractivity contribution in [3.8, 4) is 0 Å². The number of ether oxygens (including phenoxy) is 1. The Morgan fingerprint density at radius 3 is 2.30 bits per heavy atom. The molecule has 1 amide bonds. The molecule has 1 aromatic carbocycles. The Balaban J connectivity index is 2.51. The molecule has 0 aliphatic carbocycles. The molecule has 2 N–H and O–H groups in total. The lowest BCUT2D eigenvalue weighted by Crippen LogP contribution is -2.42. The van der Waals surface area contributed by atoms with Gasteiger partial charge in [-0.25, -0.2) is 4.79 Å². The second kappa shape index (κ2) is 8.34. The maximum atomic E-state index is 11.7. The summed E-state index contributed by atoms with van der Waals surface area (Å²) in [5, 5.41) is 6.36. The van der Waals surface area contributed by atoms with E-state index in [4.69, 9.17) is 4.74 Å². The van der Waals surface area contributed by atoms with Gasteiger partial charge in [-0.2, -0.15) is 0 Å². The monoisotopic (exact) mass is 320 g/mol. The van der Waals surface area contributed by atoms with Gasteiger partial charge in [-0.3, -0.25) is 0 Å². The van der Waals surface area contributed by atoms with Gasteiger partial charge in [0, 0.05) is 19.1 Å². The lowest BCUT2D eigenvalue weighted by Gasteiger charge is -2.22. The van der Waals surface area contributed by atoms with Crippen molar-refractivity contribution >= 4 is 6.09 Å². The Kier molecular flexibility index (Phi) is 7.07. The van der Waals surface area contributed by atoms with E-state index >= 15 is 0 Å². The second-order valence-electron chi connectivity index (χ2n) is 7.23. The number of hydrogen-bond donors (Lipinski definition) is 2. The molecule has 0 heterocycles. The third-order valence-electron chi connectivity index (χ3n) is 3.92. The number of benzene rings is 1. The molecule has 1 rings (SSSR count). The average molecular weight is 320 g/mol. The topological polar surface area (TPSA) is 50.4 Å². The summed E-state index contributed by atoms with van der Waals surface area (Å²) in [6, 6.07) is 4.70. The quantitative estimate of drug-likeness (QED) is 0.833. The summed E-state index contributed by atoms with van der Waals surface area (Å²) in [7, 11) is 0. The van der Waals surface area contributed by atoms with Gasteiger partial charge in [0.2, 0.25) is 0 Å². The van der Waals surface area contributed by atoms with E-state index in [-0.39, 0.29) is 12.1 Å². The number of hydrogen-bond acceptors (Lipinski definition) is 3. The van der Waals surface area contributed by atoms with Gasteiger partial charge in [0.1, 0.15) is 5.60 Å². The summed E-state index contributed by atoms with van der Waals surface area (Å²) >= 11 is 0. The van der Waals surface area contributed by atoms with E-state index in [0.717, 1.165) is 13.0 Å². The van der Waals surface area contributed by atoms with Crippen molar-refractivity contribution in [1.29, 1.82) is 0 Å². The van der Waals surface area contributed by atoms with E-state index in [1.54, 1.807) is 0 Å². The Morgan fingerprint density at radius 2 is 1.74 bits per heavy atom. The fourth-order valence-corrected chi connectivity index (χ4v) is 2.35. The molecular weight excluding hydrogens is 288 g/mol. The highest BCUT2D eigenvalue weighted by Crippen LogP contribution is 2.15. The van der Waals surface area contributed by atoms with Crippen molar-refractivity contribution in [3.63, 3.8) is 0 Å². The fraction of sp³-hybridized carbons (Fsp3) is 0.632. The van der Waals surface area contributed by atoms with Gasteiger partial charge in [-0.05, 0) is 70.2 Å². The molecule has 0 bridgehead atoms. The van der Waals surface area contributed by atoms with Crippen molar-refractivity contribution in [2.45, 2.75) is 73.1 Å². The third-order valence-corrected chi connectivity index (χ3v) is 3.92. The maximum absolute atomic E-state index is 11.7. The molecule has 0 spiro atoms. The number of aryl methyl sites for hydroxylation is 3. The van der Waals surface area contributed by atoms with Crippen LogP contribution < -0.4 is 10.6 Å². The van der Waals surface area contributed by atoms with Gasteiger partial charge in [-0.15, -0.1) is 0 Å². The third kappa shape index (κ3) is 7.04. The number of nitrogens with one attached hydrogen (secondary N) is 2. The summed E-state index contributed by atoms with van der Waals surface area (Å²) in [6.07, 6.45) is 0.583. The smallest absolute Gasteiger partial charge is 0.407 e. The molecule has 1 unspecified atom stereocenters. The van der Waals surface area contributed by atoms with E-state index in [2.05, 4.69) is 50.5 Å². The molecule has 0 fully saturated rings. The van der Waals surface area contributed by atoms with Gasteiger partial charge in [0.05, 0.1) is 0 Å². The predicted octanol–water partition coefficient (Wildman–Crippen LogP) is 4.00. The highest BCUT2D eigenvalue weighted by Gasteiger charge is 2.17. The molecule has 4 heteroatoms. The zero-order valence-corrected chi connectivity index (χ0v) is 15.7. The molecule has 0 aliphatic rings. The van der Waals surface area contributed by atoms with Crippen LogP contribution in [0.3, 0.4) is 0 Å². The molecule has 0 saturated carbocycles. The Bertz CT molecular complexity index is 533. The SMILES string of the molecule is CCC(CNC(=O)OC(C)(C)C)NCc1cc(C)c(C)cc1C. The van der Waals surface area contributed by atoms with Crippen LogP contribution in [-0.4, -0.2) is 24.3 Å². The van der Waals surface area contributed by atoms with Crippen molar-refractivity contribution in [1.82, 2.24) is 10.6 Å². The minimum Gasteiger partial charge on any atom is -0.444 e. The first-order valence-electron chi connectivity index (χ1n) is 8.39. The van der Waals surface area contributed by atoms with E-state index in [1.165, 1.54) is 22.3 Å². The summed E-state index contributed by atoms with van der Waals surface area (Å²) in [4.78, 5) is 11.7. The Hall–Kier alpha value is -1.55. The highest BCUT2D eigenvalue weighted by atomic mass is 16.6. The van der Waals surface area contributed by atoms with Gasteiger partial charge >= 0.3 is 6.09 Å². The molecule has 4 nitrogen and oxygen atoms in total. The van der Waals surface area contributed by atoms with Crippen LogP contribution in [0.5, 0.6) is 0 Å². The Labute approximate surface area is 141 Å². The van der Waals surface area contributed by atoms with Crippen LogP contribution >= 0.6 is 0 Å². The van der Waals surface area contributed by atoms with E-state index in [1.807, 2.05) is 20.8 Å².